The Balaban J connectivity index is 1.55. The number of piperazine rings is 1. The number of nitrogens with zero attached hydrogens (tertiary/aromatic N) is 4. The van der Waals surface area contributed by atoms with Crippen molar-refractivity contribution in [2.24, 2.45) is 0 Å². The van der Waals surface area contributed by atoms with Crippen LogP contribution in [0.1, 0.15) is 11.3 Å². The van der Waals surface area contributed by atoms with E-state index in [1.165, 1.54) is 4.57 Å². The van der Waals surface area contributed by atoms with Crippen molar-refractivity contribution in [3.8, 4) is 17.1 Å². The summed E-state index contributed by atoms with van der Waals surface area (Å²) in [6.07, 6.45) is 0. The zero-order valence-electron chi connectivity index (χ0n) is 19.0. The van der Waals surface area contributed by atoms with Crippen LogP contribution in [0.4, 0.5) is 5.69 Å². The van der Waals surface area contributed by atoms with E-state index in [0.717, 1.165) is 11.4 Å². The summed E-state index contributed by atoms with van der Waals surface area (Å²) in [5.41, 5.74) is 2.69. The molecule has 0 aliphatic carbocycles. The van der Waals surface area contributed by atoms with Crippen molar-refractivity contribution in [3.63, 3.8) is 0 Å². The largest absolute Gasteiger partial charge is 0.495 e. The number of ether oxygens (including phenoxy) is 1. The summed E-state index contributed by atoms with van der Waals surface area (Å²) in [5.74, 6) is 1.16. The quantitative estimate of drug-likeness (QED) is 0.575. The number of rotatable bonds is 5. The predicted octanol–water partition coefficient (Wildman–Crippen LogP) is 3.54. The zero-order chi connectivity index (χ0) is 23.5. The molecule has 0 bridgehead atoms. The van der Waals surface area contributed by atoms with Crippen LogP contribution in [0.2, 0.25) is 5.02 Å². The molecule has 1 fully saturated rings. The van der Waals surface area contributed by atoms with Crippen molar-refractivity contribution in [2.45, 2.75) is 20.4 Å². The van der Waals surface area contributed by atoms with Crippen LogP contribution in [0, 0.1) is 13.8 Å². The van der Waals surface area contributed by atoms with E-state index in [4.69, 9.17) is 16.3 Å². The number of aryl methyl sites for hydroxylation is 1. The van der Waals surface area contributed by atoms with Gasteiger partial charge in [-0.15, -0.1) is 0 Å². The number of benzene rings is 2. The summed E-state index contributed by atoms with van der Waals surface area (Å²) >= 11 is 6.17. The highest BCUT2D eigenvalue weighted by Crippen LogP contribution is 2.28. The Bertz CT molecular complexity index is 1230. The number of hydrogen-bond donors (Lipinski definition) is 0. The van der Waals surface area contributed by atoms with Crippen LogP contribution in [0.5, 0.6) is 5.75 Å². The zero-order valence-corrected chi connectivity index (χ0v) is 19.8. The van der Waals surface area contributed by atoms with E-state index >= 15 is 0 Å². The van der Waals surface area contributed by atoms with Crippen LogP contribution in [-0.2, 0) is 11.3 Å². The summed E-state index contributed by atoms with van der Waals surface area (Å²) in [6, 6.07) is 15.0. The lowest BCUT2D eigenvalue weighted by Gasteiger charge is -2.36. The molecule has 8 heteroatoms. The van der Waals surface area contributed by atoms with E-state index < -0.39 is 0 Å². The maximum atomic E-state index is 13.2. The van der Waals surface area contributed by atoms with Gasteiger partial charge in [0.05, 0.1) is 12.8 Å². The number of anilines is 1. The predicted molar refractivity (Wildman–Crippen MR) is 130 cm³/mol. The fourth-order valence-electron chi connectivity index (χ4n) is 4.07. The lowest BCUT2D eigenvalue weighted by Crippen LogP contribution is -2.50. The molecule has 0 saturated carbocycles. The summed E-state index contributed by atoms with van der Waals surface area (Å²) in [6.45, 7) is 5.98. The third-order valence-electron chi connectivity index (χ3n) is 6.07. The molecule has 2 heterocycles. The first-order valence-electron chi connectivity index (χ1n) is 10.9. The highest BCUT2D eigenvalue weighted by molar-refractivity contribution is 6.30. The maximum absolute atomic E-state index is 13.2. The fourth-order valence-corrected chi connectivity index (χ4v) is 4.26. The first-order chi connectivity index (χ1) is 15.9. The molecule has 0 spiro atoms. The van der Waals surface area contributed by atoms with Crippen molar-refractivity contribution in [3.05, 3.63) is 75.2 Å². The van der Waals surface area contributed by atoms with Crippen LogP contribution in [0.3, 0.4) is 0 Å². The number of halogens is 1. The molecule has 172 valence electrons. The molecule has 0 radical (unpaired) electrons. The average Bonchev–Trinajstić information content (AvgIpc) is 2.84. The summed E-state index contributed by atoms with van der Waals surface area (Å²) in [4.78, 5) is 34.9. The van der Waals surface area contributed by atoms with Gasteiger partial charge < -0.3 is 14.5 Å². The Hall–Kier alpha value is -3.32. The summed E-state index contributed by atoms with van der Waals surface area (Å²) < 4.78 is 6.93. The fraction of sp³-hybridized carbons (Fsp3) is 0.320. The van der Waals surface area contributed by atoms with Gasteiger partial charge in [0.15, 0.2) is 0 Å². The van der Waals surface area contributed by atoms with E-state index in [2.05, 4.69) is 9.88 Å². The SMILES string of the molecule is COc1ccccc1N1CCN(C(=O)Cn2c(-c3cccc(Cl)c3)nc(C)c(C)c2=O)CC1. The normalized spacial score (nSPS) is 13.8. The van der Waals surface area contributed by atoms with Gasteiger partial charge in [-0.05, 0) is 38.1 Å². The molecular formula is C25H27ClN4O3. The van der Waals surface area contributed by atoms with Gasteiger partial charge in [-0.2, -0.15) is 0 Å². The Morgan fingerprint density at radius 1 is 1.06 bits per heavy atom. The molecule has 0 atom stereocenters. The molecule has 4 rings (SSSR count). The van der Waals surface area contributed by atoms with E-state index in [0.29, 0.717) is 53.8 Å². The third-order valence-corrected chi connectivity index (χ3v) is 6.31. The number of amides is 1. The van der Waals surface area contributed by atoms with Crippen LogP contribution in [-0.4, -0.2) is 53.6 Å². The second kappa shape index (κ2) is 9.67. The third kappa shape index (κ3) is 4.73. The number of hydrogen-bond acceptors (Lipinski definition) is 5. The topological polar surface area (TPSA) is 67.7 Å². The smallest absolute Gasteiger partial charge is 0.257 e. The number of methoxy groups -OCH3 is 1. The second-order valence-electron chi connectivity index (χ2n) is 8.09. The Morgan fingerprint density at radius 2 is 1.79 bits per heavy atom. The van der Waals surface area contributed by atoms with Gasteiger partial charge >= 0.3 is 0 Å². The highest BCUT2D eigenvalue weighted by atomic mass is 35.5. The maximum Gasteiger partial charge on any atom is 0.257 e. The lowest BCUT2D eigenvalue weighted by atomic mass is 10.1. The van der Waals surface area contributed by atoms with Gasteiger partial charge in [0.1, 0.15) is 18.1 Å². The van der Waals surface area contributed by atoms with Crippen molar-refractivity contribution in [1.29, 1.82) is 0 Å². The van der Waals surface area contributed by atoms with Crippen LogP contribution in [0.25, 0.3) is 11.4 Å². The number of para-hydroxylation sites is 2. The number of carbonyl (C=O) groups excluding carboxylic acids is 1. The Morgan fingerprint density at radius 3 is 2.48 bits per heavy atom. The molecule has 1 aliphatic rings. The van der Waals surface area contributed by atoms with Gasteiger partial charge in [0, 0.05) is 48.0 Å². The molecule has 33 heavy (non-hydrogen) atoms. The van der Waals surface area contributed by atoms with E-state index in [-0.39, 0.29) is 18.0 Å². The van der Waals surface area contributed by atoms with Crippen LogP contribution >= 0.6 is 11.6 Å². The number of carbonyl (C=O) groups is 1. The van der Waals surface area contributed by atoms with Gasteiger partial charge in [0.2, 0.25) is 5.91 Å². The monoisotopic (exact) mass is 466 g/mol. The summed E-state index contributed by atoms with van der Waals surface area (Å²) in [7, 11) is 1.66. The Kier molecular flexibility index (Phi) is 6.70. The first-order valence-corrected chi connectivity index (χ1v) is 11.3. The van der Waals surface area contributed by atoms with E-state index in [1.54, 1.807) is 38.0 Å². The molecule has 2 aromatic carbocycles. The average molecular weight is 467 g/mol. The van der Waals surface area contributed by atoms with Crippen LogP contribution in [0.15, 0.2) is 53.3 Å². The molecule has 7 nitrogen and oxygen atoms in total. The van der Waals surface area contributed by atoms with Crippen molar-refractivity contribution >= 4 is 23.2 Å². The molecule has 1 aliphatic heterocycles. The standard InChI is InChI=1S/C25H27ClN4O3/c1-17-18(2)27-24(19-7-6-8-20(26)15-19)30(25(17)32)16-23(31)29-13-11-28(12-14-29)21-9-4-5-10-22(21)33-3/h4-10,15H,11-14,16H2,1-3H3. The molecule has 0 unspecified atom stereocenters. The van der Waals surface area contributed by atoms with Gasteiger partial charge in [-0.1, -0.05) is 35.9 Å². The van der Waals surface area contributed by atoms with Gasteiger partial charge in [0.25, 0.3) is 5.56 Å². The first kappa shape index (κ1) is 22.9. The second-order valence-corrected chi connectivity index (χ2v) is 8.52. The molecule has 3 aromatic rings. The molecular weight excluding hydrogens is 440 g/mol. The summed E-state index contributed by atoms with van der Waals surface area (Å²) in [5, 5.41) is 0.547. The minimum Gasteiger partial charge on any atom is -0.495 e. The minimum atomic E-state index is -0.210. The lowest BCUT2D eigenvalue weighted by molar-refractivity contribution is -0.132. The van der Waals surface area contributed by atoms with Crippen molar-refractivity contribution < 1.29 is 9.53 Å². The van der Waals surface area contributed by atoms with Crippen LogP contribution < -0.4 is 15.2 Å². The molecule has 1 amide bonds. The minimum absolute atomic E-state index is 0.0660. The van der Waals surface area contributed by atoms with Crippen molar-refractivity contribution in [1.82, 2.24) is 14.5 Å². The molecule has 1 saturated heterocycles. The number of aromatic nitrogens is 2. The van der Waals surface area contributed by atoms with Gasteiger partial charge in [-0.25, -0.2) is 4.98 Å². The molecule has 0 N–H and O–H groups in total. The van der Waals surface area contributed by atoms with E-state index in [1.807, 2.05) is 36.4 Å². The highest BCUT2D eigenvalue weighted by Gasteiger charge is 2.24. The Labute approximate surface area is 198 Å². The van der Waals surface area contributed by atoms with E-state index in [9.17, 15) is 9.59 Å². The molecule has 1 aromatic heterocycles. The van der Waals surface area contributed by atoms with Crippen molar-refractivity contribution in [2.75, 3.05) is 38.2 Å². The van der Waals surface area contributed by atoms with Gasteiger partial charge in [-0.3, -0.25) is 14.2 Å².